The van der Waals surface area contributed by atoms with Gasteiger partial charge in [-0.15, -0.1) is 0 Å². The number of guanidine groups is 1. The molecule has 5 heteroatoms. The summed E-state index contributed by atoms with van der Waals surface area (Å²) in [5.41, 5.74) is 0. The van der Waals surface area contributed by atoms with E-state index in [0.717, 1.165) is 57.3 Å². The monoisotopic (exact) mass is 349 g/mol. The van der Waals surface area contributed by atoms with Crippen molar-refractivity contribution in [1.82, 2.24) is 10.6 Å². The fourth-order valence-electron chi connectivity index (χ4n) is 3.27. The molecule has 142 valence electrons. The van der Waals surface area contributed by atoms with Crippen molar-refractivity contribution in [3.8, 4) is 0 Å². The Bertz CT molecular complexity index is 473. The summed E-state index contributed by atoms with van der Waals surface area (Å²) in [4.78, 5) is 4.78. The van der Waals surface area contributed by atoms with E-state index in [-0.39, 0.29) is 0 Å². The maximum Gasteiger partial charge on any atom is 0.191 e. The molecule has 1 aromatic rings. The van der Waals surface area contributed by atoms with Crippen molar-refractivity contribution in [2.75, 3.05) is 26.3 Å². The zero-order valence-corrected chi connectivity index (χ0v) is 15.9. The van der Waals surface area contributed by atoms with Crippen molar-refractivity contribution in [2.45, 2.75) is 64.8 Å². The molecule has 2 N–H and O–H groups in total. The van der Waals surface area contributed by atoms with Crippen LogP contribution in [0.3, 0.4) is 0 Å². The molecule has 0 aromatic carbocycles. The number of furan rings is 1. The summed E-state index contributed by atoms with van der Waals surface area (Å²) < 4.78 is 10.8. The Morgan fingerprint density at radius 1 is 1.32 bits per heavy atom. The van der Waals surface area contributed by atoms with Crippen molar-refractivity contribution < 1.29 is 9.15 Å². The number of hydrogen-bond acceptors (Lipinski definition) is 3. The maximum atomic E-state index is 5.40. The zero-order valence-electron chi connectivity index (χ0n) is 15.9. The van der Waals surface area contributed by atoms with E-state index in [1.165, 1.54) is 25.7 Å². The predicted molar refractivity (Wildman–Crippen MR) is 103 cm³/mol. The normalized spacial score (nSPS) is 21.3. The Balaban J connectivity index is 1.78. The van der Waals surface area contributed by atoms with Gasteiger partial charge in [0.25, 0.3) is 0 Å². The van der Waals surface area contributed by atoms with E-state index in [2.05, 4.69) is 17.6 Å². The molecule has 0 amide bonds. The van der Waals surface area contributed by atoms with Gasteiger partial charge in [0, 0.05) is 38.8 Å². The molecule has 0 saturated heterocycles. The molecule has 1 aliphatic carbocycles. The standard InChI is InChI=1S/C20H35N3O2/c1-3-24-15-7-6-13-21-20(22-14-12-18-10-8-16-25-18)23-19-11-5-4-9-17(19)2/h8,10,16-17,19H,3-7,9,11-15H2,1-2H3,(H2,21,22,23). The van der Waals surface area contributed by atoms with Crippen molar-refractivity contribution in [3.05, 3.63) is 24.2 Å². The quantitative estimate of drug-likeness (QED) is 0.384. The first-order valence-corrected chi connectivity index (χ1v) is 9.94. The summed E-state index contributed by atoms with van der Waals surface area (Å²) >= 11 is 0. The Labute approximate surface area is 152 Å². The molecule has 0 bridgehead atoms. The molecule has 1 saturated carbocycles. The second-order valence-corrected chi connectivity index (χ2v) is 6.90. The lowest BCUT2D eigenvalue weighted by atomic mass is 9.86. The Hall–Kier alpha value is -1.49. The summed E-state index contributed by atoms with van der Waals surface area (Å²) in [6.45, 7) is 7.68. The van der Waals surface area contributed by atoms with Crippen LogP contribution in [0.5, 0.6) is 0 Å². The molecule has 0 radical (unpaired) electrons. The molecule has 0 aliphatic heterocycles. The molecule has 2 unspecified atom stereocenters. The number of nitrogens with zero attached hydrogens (tertiary/aromatic N) is 1. The third-order valence-corrected chi connectivity index (χ3v) is 4.85. The summed E-state index contributed by atoms with van der Waals surface area (Å²) in [7, 11) is 0. The number of aliphatic imine (C=N–C) groups is 1. The summed E-state index contributed by atoms with van der Waals surface area (Å²) in [5, 5.41) is 7.14. The van der Waals surface area contributed by atoms with Gasteiger partial charge in [0.2, 0.25) is 0 Å². The van der Waals surface area contributed by atoms with Gasteiger partial charge in [0.15, 0.2) is 5.96 Å². The van der Waals surface area contributed by atoms with Gasteiger partial charge in [-0.05, 0) is 50.7 Å². The van der Waals surface area contributed by atoms with Gasteiger partial charge in [-0.3, -0.25) is 4.99 Å². The van der Waals surface area contributed by atoms with Crippen LogP contribution in [0.4, 0.5) is 0 Å². The Morgan fingerprint density at radius 3 is 2.96 bits per heavy atom. The number of ether oxygens (including phenoxy) is 1. The summed E-state index contributed by atoms with van der Waals surface area (Å²) in [5.74, 6) is 2.67. The fourth-order valence-corrected chi connectivity index (χ4v) is 3.27. The van der Waals surface area contributed by atoms with Gasteiger partial charge in [-0.2, -0.15) is 0 Å². The number of unbranched alkanes of at least 4 members (excludes halogenated alkanes) is 1. The highest BCUT2D eigenvalue weighted by Gasteiger charge is 2.21. The number of rotatable bonds is 10. The van der Waals surface area contributed by atoms with Crippen molar-refractivity contribution >= 4 is 5.96 Å². The summed E-state index contributed by atoms with van der Waals surface area (Å²) in [6, 6.07) is 4.49. The second kappa shape index (κ2) is 12.0. The van der Waals surface area contributed by atoms with Gasteiger partial charge in [-0.25, -0.2) is 0 Å². The second-order valence-electron chi connectivity index (χ2n) is 6.90. The fraction of sp³-hybridized carbons (Fsp3) is 0.750. The van der Waals surface area contributed by atoms with E-state index in [9.17, 15) is 0 Å². The van der Waals surface area contributed by atoms with E-state index < -0.39 is 0 Å². The molecule has 5 nitrogen and oxygen atoms in total. The Kier molecular flexibility index (Phi) is 9.49. The van der Waals surface area contributed by atoms with E-state index in [0.29, 0.717) is 12.0 Å². The minimum absolute atomic E-state index is 0.534. The van der Waals surface area contributed by atoms with Gasteiger partial charge in [0.05, 0.1) is 6.26 Å². The highest BCUT2D eigenvalue weighted by Crippen LogP contribution is 2.23. The average molecular weight is 350 g/mol. The zero-order chi connectivity index (χ0) is 17.7. The SMILES string of the molecule is CCOCCCCN=C(NCCc1ccco1)NC1CCCCC1C. The minimum Gasteiger partial charge on any atom is -0.469 e. The molecule has 1 aromatic heterocycles. The van der Waals surface area contributed by atoms with Crippen molar-refractivity contribution in [2.24, 2.45) is 10.9 Å². The van der Waals surface area contributed by atoms with Crippen molar-refractivity contribution in [3.63, 3.8) is 0 Å². The molecule has 2 atom stereocenters. The number of nitrogens with one attached hydrogen (secondary N) is 2. The van der Waals surface area contributed by atoms with Crippen LogP contribution in [0.25, 0.3) is 0 Å². The van der Waals surface area contributed by atoms with Crippen LogP contribution >= 0.6 is 0 Å². The molecular formula is C20H35N3O2. The summed E-state index contributed by atoms with van der Waals surface area (Å²) in [6.07, 6.45) is 9.95. The van der Waals surface area contributed by atoms with Crippen LogP contribution in [0.15, 0.2) is 27.8 Å². The van der Waals surface area contributed by atoms with Crippen LogP contribution in [-0.4, -0.2) is 38.3 Å². The topological polar surface area (TPSA) is 58.8 Å². The van der Waals surface area contributed by atoms with E-state index in [1.807, 2.05) is 19.1 Å². The van der Waals surface area contributed by atoms with Crippen LogP contribution in [0.1, 0.15) is 58.1 Å². The van der Waals surface area contributed by atoms with Crippen molar-refractivity contribution in [1.29, 1.82) is 0 Å². The largest absolute Gasteiger partial charge is 0.469 e. The Morgan fingerprint density at radius 2 is 2.20 bits per heavy atom. The molecule has 2 rings (SSSR count). The van der Waals surface area contributed by atoms with E-state index in [4.69, 9.17) is 14.1 Å². The molecule has 1 fully saturated rings. The molecule has 1 heterocycles. The van der Waals surface area contributed by atoms with Gasteiger partial charge in [-0.1, -0.05) is 19.8 Å². The van der Waals surface area contributed by atoms with Crippen LogP contribution < -0.4 is 10.6 Å². The van der Waals surface area contributed by atoms with E-state index in [1.54, 1.807) is 6.26 Å². The van der Waals surface area contributed by atoms with Gasteiger partial charge < -0.3 is 19.8 Å². The first-order chi connectivity index (χ1) is 12.3. The lowest BCUT2D eigenvalue weighted by molar-refractivity contribution is 0.144. The molecule has 25 heavy (non-hydrogen) atoms. The maximum absolute atomic E-state index is 5.40. The smallest absolute Gasteiger partial charge is 0.191 e. The molecule has 0 spiro atoms. The number of hydrogen-bond donors (Lipinski definition) is 2. The lowest BCUT2D eigenvalue weighted by Crippen LogP contribution is -2.47. The molecule has 1 aliphatic rings. The lowest BCUT2D eigenvalue weighted by Gasteiger charge is -2.31. The van der Waals surface area contributed by atoms with E-state index >= 15 is 0 Å². The van der Waals surface area contributed by atoms with Crippen LogP contribution in [0.2, 0.25) is 0 Å². The van der Waals surface area contributed by atoms with Gasteiger partial charge >= 0.3 is 0 Å². The first kappa shape index (κ1) is 19.8. The molecular weight excluding hydrogens is 314 g/mol. The minimum atomic E-state index is 0.534. The third kappa shape index (κ3) is 7.95. The predicted octanol–water partition coefficient (Wildman–Crippen LogP) is 3.75. The third-order valence-electron chi connectivity index (χ3n) is 4.85. The average Bonchev–Trinajstić information content (AvgIpc) is 3.13. The van der Waals surface area contributed by atoms with Crippen LogP contribution in [-0.2, 0) is 11.2 Å². The van der Waals surface area contributed by atoms with Crippen LogP contribution in [0, 0.1) is 5.92 Å². The highest BCUT2D eigenvalue weighted by molar-refractivity contribution is 5.80. The first-order valence-electron chi connectivity index (χ1n) is 9.94. The van der Waals surface area contributed by atoms with Gasteiger partial charge in [0.1, 0.15) is 5.76 Å². The highest BCUT2D eigenvalue weighted by atomic mass is 16.5.